The van der Waals surface area contributed by atoms with Crippen LogP contribution in [0.25, 0.3) is 10.8 Å². The van der Waals surface area contributed by atoms with Gasteiger partial charge in [-0.2, -0.15) is 0 Å². The molecular formula is C21H21NO3. The van der Waals surface area contributed by atoms with E-state index >= 15 is 0 Å². The molecule has 0 saturated carbocycles. The number of hydrogen-bond donors (Lipinski definition) is 2. The number of amides is 1. The second kappa shape index (κ2) is 7.47. The first-order valence-corrected chi connectivity index (χ1v) is 8.17. The van der Waals surface area contributed by atoms with Crippen molar-refractivity contribution in [2.75, 3.05) is 20.3 Å². The molecular weight excluding hydrogens is 314 g/mol. The molecule has 0 saturated heterocycles. The average molecular weight is 335 g/mol. The zero-order valence-corrected chi connectivity index (χ0v) is 14.1. The lowest BCUT2D eigenvalue weighted by Crippen LogP contribution is -2.44. The Morgan fingerprint density at radius 1 is 1.00 bits per heavy atom. The fourth-order valence-electron chi connectivity index (χ4n) is 2.97. The van der Waals surface area contributed by atoms with Crippen molar-refractivity contribution in [2.45, 2.75) is 5.60 Å². The molecule has 2 N–H and O–H groups in total. The van der Waals surface area contributed by atoms with Crippen LogP contribution in [0.3, 0.4) is 0 Å². The van der Waals surface area contributed by atoms with E-state index in [9.17, 15) is 9.90 Å². The minimum absolute atomic E-state index is 0.0624. The van der Waals surface area contributed by atoms with Crippen molar-refractivity contribution in [1.82, 2.24) is 5.32 Å². The van der Waals surface area contributed by atoms with Gasteiger partial charge in [0.25, 0.3) is 5.91 Å². The van der Waals surface area contributed by atoms with Crippen molar-refractivity contribution < 1.29 is 14.6 Å². The number of rotatable bonds is 6. The van der Waals surface area contributed by atoms with E-state index in [-0.39, 0.29) is 19.1 Å². The Bertz CT molecular complexity index is 858. The molecule has 25 heavy (non-hydrogen) atoms. The van der Waals surface area contributed by atoms with Crippen LogP contribution in [0.2, 0.25) is 0 Å². The number of methoxy groups -OCH3 is 1. The first kappa shape index (κ1) is 17.1. The maximum atomic E-state index is 12.7. The Balaban J connectivity index is 1.82. The third-order valence-electron chi connectivity index (χ3n) is 4.27. The first-order chi connectivity index (χ1) is 12.1. The van der Waals surface area contributed by atoms with E-state index in [1.54, 1.807) is 6.07 Å². The Morgan fingerprint density at radius 2 is 1.68 bits per heavy atom. The molecule has 1 atom stereocenters. The molecule has 128 valence electrons. The smallest absolute Gasteiger partial charge is 0.252 e. The summed E-state index contributed by atoms with van der Waals surface area (Å²) in [6, 6.07) is 22.6. The molecule has 0 spiro atoms. The van der Waals surface area contributed by atoms with Gasteiger partial charge in [0.2, 0.25) is 0 Å². The molecule has 4 nitrogen and oxygen atoms in total. The molecule has 0 aliphatic rings. The van der Waals surface area contributed by atoms with E-state index in [4.69, 9.17) is 4.74 Å². The van der Waals surface area contributed by atoms with Crippen LogP contribution in [0.1, 0.15) is 15.9 Å². The summed E-state index contributed by atoms with van der Waals surface area (Å²) in [5, 5.41) is 15.7. The minimum Gasteiger partial charge on any atom is -0.381 e. The molecule has 0 aromatic heterocycles. The van der Waals surface area contributed by atoms with Crippen LogP contribution >= 0.6 is 0 Å². The van der Waals surface area contributed by atoms with Gasteiger partial charge in [-0.3, -0.25) is 4.79 Å². The van der Waals surface area contributed by atoms with E-state index in [0.717, 1.165) is 10.8 Å². The normalized spacial score (nSPS) is 13.4. The molecule has 4 heteroatoms. The summed E-state index contributed by atoms with van der Waals surface area (Å²) in [5.74, 6) is -0.220. The van der Waals surface area contributed by atoms with Crippen LogP contribution in [-0.2, 0) is 10.3 Å². The SMILES string of the molecule is COC[C@@](O)(CNC(=O)c1cccc2ccccc12)c1ccccc1. The van der Waals surface area contributed by atoms with Gasteiger partial charge in [0.1, 0.15) is 5.60 Å². The Labute approximate surface area is 147 Å². The second-order valence-electron chi connectivity index (χ2n) is 6.04. The highest BCUT2D eigenvalue weighted by molar-refractivity contribution is 6.07. The molecule has 0 bridgehead atoms. The number of carbonyl (C=O) groups excluding carboxylic acids is 1. The van der Waals surface area contributed by atoms with Crippen molar-refractivity contribution in [1.29, 1.82) is 0 Å². The van der Waals surface area contributed by atoms with Gasteiger partial charge in [0, 0.05) is 12.7 Å². The molecule has 0 fully saturated rings. The van der Waals surface area contributed by atoms with Crippen LogP contribution in [0, 0.1) is 0 Å². The Hall–Kier alpha value is -2.69. The summed E-state index contributed by atoms with van der Waals surface area (Å²) in [4.78, 5) is 12.7. The minimum atomic E-state index is -1.28. The van der Waals surface area contributed by atoms with Crippen molar-refractivity contribution in [3.05, 3.63) is 83.9 Å². The number of aliphatic hydroxyl groups is 1. The summed E-state index contributed by atoms with van der Waals surface area (Å²) in [6.07, 6.45) is 0. The van der Waals surface area contributed by atoms with Gasteiger partial charge in [-0.05, 0) is 22.4 Å². The fourth-order valence-corrected chi connectivity index (χ4v) is 2.97. The zero-order chi connectivity index (χ0) is 17.7. The number of nitrogens with one attached hydrogen (secondary N) is 1. The molecule has 0 heterocycles. The fraction of sp³-hybridized carbons (Fsp3) is 0.190. The Morgan fingerprint density at radius 3 is 2.44 bits per heavy atom. The predicted molar refractivity (Wildman–Crippen MR) is 98.5 cm³/mol. The standard InChI is InChI=1S/C21H21NO3/c1-25-15-21(24,17-10-3-2-4-11-17)14-22-20(23)19-13-7-9-16-8-5-6-12-18(16)19/h2-13,24H,14-15H2,1H3,(H,22,23)/t21-/m0/s1. The number of hydrogen-bond acceptors (Lipinski definition) is 3. The van der Waals surface area contributed by atoms with Crippen molar-refractivity contribution >= 4 is 16.7 Å². The maximum absolute atomic E-state index is 12.7. The Kier molecular flexibility index (Phi) is 5.12. The monoisotopic (exact) mass is 335 g/mol. The second-order valence-corrected chi connectivity index (χ2v) is 6.04. The van der Waals surface area contributed by atoms with E-state index in [0.29, 0.717) is 11.1 Å². The quantitative estimate of drug-likeness (QED) is 0.728. The van der Waals surface area contributed by atoms with E-state index < -0.39 is 5.60 Å². The highest BCUT2D eigenvalue weighted by Gasteiger charge is 2.30. The number of ether oxygens (including phenoxy) is 1. The number of carbonyl (C=O) groups is 1. The molecule has 0 aliphatic heterocycles. The topological polar surface area (TPSA) is 58.6 Å². The molecule has 0 radical (unpaired) electrons. The average Bonchev–Trinajstić information content (AvgIpc) is 2.66. The third-order valence-corrected chi connectivity index (χ3v) is 4.27. The van der Waals surface area contributed by atoms with Crippen LogP contribution in [0.15, 0.2) is 72.8 Å². The molecule has 0 aliphatic carbocycles. The highest BCUT2D eigenvalue weighted by Crippen LogP contribution is 2.22. The van der Waals surface area contributed by atoms with E-state index in [1.165, 1.54) is 7.11 Å². The summed E-state index contributed by atoms with van der Waals surface area (Å²) in [6.45, 7) is 0.153. The molecule has 3 aromatic rings. The van der Waals surface area contributed by atoms with Gasteiger partial charge in [0.05, 0.1) is 13.2 Å². The predicted octanol–water partition coefficient (Wildman–Crippen LogP) is 3.10. The summed E-state index contributed by atoms with van der Waals surface area (Å²) in [5.41, 5.74) is 0.0111. The zero-order valence-electron chi connectivity index (χ0n) is 14.1. The summed E-state index contributed by atoms with van der Waals surface area (Å²) in [7, 11) is 1.53. The third kappa shape index (κ3) is 3.71. The molecule has 1 amide bonds. The van der Waals surface area contributed by atoms with E-state index in [2.05, 4.69) is 5.32 Å². The lowest BCUT2D eigenvalue weighted by atomic mass is 9.94. The van der Waals surface area contributed by atoms with E-state index in [1.807, 2.05) is 66.7 Å². The summed E-state index contributed by atoms with van der Waals surface area (Å²) < 4.78 is 5.17. The number of benzene rings is 3. The molecule has 3 rings (SSSR count). The van der Waals surface area contributed by atoms with Crippen molar-refractivity contribution in [3.63, 3.8) is 0 Å². The van der Waals surface area contributed by atoms with Crippen LogP contribution in [0.4, 0.5) is 0 Å². The largest absolute Gasteiger partial charge is 0.381 e. The summed E-state index contributed by atoms with van der Waals surface area (Å²) >= 11 is 0. The molecule has 3 aromatic carbocycles. The highest BCUT2D eigenvalue weighted by atomic mass is 16.5. The van der Waals surface area contributed by atoms with Gasteiger partial charge in [-0.25, -0.2) is 0 Å². The van der Waals surface area contributed by atoms with Gasteiger partial charge < -0.3 is 15.2 Å². The van der Waals surface area contributed by atoms with Crippen LogP contribution in [-0.4, -0.2) is 31.3 Å². The maximum Gasteiger partial charge on any atom is 0.252 e. The van der Waals surface area contributed by atoms with Crippen LogP contribution in [0.5, 0.6) is 0 Å². The van der Waals surface area contributed by atoms with Crippen molar-refractivity contribution in [2.24, 2.45) is 0 Å². The number of fused-ring (bicyclic) bond motifs is 1. The van der Waals surface area contributed by atoms with Gasteiger partial charge in [-0.1, -0.05) is 66.7 Å². The lowest BCUT2D eigenvalue weighted by molar-refractivity contribution is -0.0334. The first-order valence-electron chi connectivity index (χ1n) is 8.17. The van der Waals surface area contributed by atoms with Crippen LogP contribution < -0.4 is 5.32 Å². The van der Waals surface area contributed by atoms with Gasteiger partial charge in [-0.15, -0.1) is 0 Å². The van der Waals surface area contributed by atoms with Gasteiger partial charge >= 0.3 is 0 Å². The molecule has 0 unspecified atom stereocenters. The van der Waals surface area contributed by atoms with Crippen molar-refractivity contribution in [3.8, 4) is 0 Å². The lowest BCUT2D eigenvalue weighted by Gasteiger charge is -2.28. The van der Waals surface area contributed by atoms with Gasteiger partial charge in [0.15, 0.2) is 0 Å².